The Hall–Kier alpha value is -3.92. The van der Waals surface area contributed by atoms with E-state index in [1.807, 2.05) is 41.5 Å². The zero-order valence-corrected chi connectivity index (χ0v) is 43.1. The lowest BCUT2D eigenvalue weighted by molar-refractivity contribution is -0.276. The first-order chi connectivity index (χ1) is 31.6. The number of thiazole rings is 2. The van der Waals surface area contributed by atoms with Crippen molar-refractivity contribution < 1.29 is 64.4 Å². The number of benzene rings is 2. The fraction of sp³-hybridized carbons (Fsp3) is 0.556. The molecule has 0 radical (unpaired) electrons. The SMILES string of the molecule is COc1c(Br)cc(-c2nc(C3CCN(C(=O)OC(C)(C)C)CC3)sc2Cl)cc1OC(F)(F)F.COc1c(OC(F)(F)F)cc(-c2nc(C3CCN(C(=O)OC(C)(C)C)CC3)sc2Cl)cc1C1CC1. The Morgan fingerprint density at radius 1 is 0.618 bits per heavy atom. The smallest absolute Gasteiger partial charge is 0.493 e. The Morgan fingerprint density at radius 3 is 1.35 bits per heavy atom. The molecule has 7 rings (SSSR count). The van der Waals surface area contributed by atoms with E-state index in [4.69, 9.17) is 47.1 Å². The zero-order valence-electron chi connectivity index (χ0n) is 38.4. The number of likely N-dealkylation sites (tertiary alicyclic amines) is 2. The van der Waals surface area contributed by atoms with E-state index in [0.717, 1.165) is 22.9 Å². The van der Waals surface area contributed by atoms with Gasteiger partial charge in [-0.1, -0.05) is 23.2 Å². The van der Waals surface area contributed by atoms with Crippen molar-refractivity contribution in [2.75, 3.05) is 40.4 Å². The summed E-state index contributed by atoms with van der Waals surface area (Å²) in [6, 6.07) is 5.87. The van der Waals surface area contributed by atoms with Crippen molar-refractivity contribution in [3.05, 3.63) is 53.0 Å². The summed E-state index contributed by atoms with van der Waals surface area (Å²) in [7, 11) is 2.59. The van der Waals surface area contributed by atoms with Gasteiger partial charge in [0.2, 0.25) is 0 Å². The van der Waals surface area contributed by atoms with E-state index >= 15 is 0 Å². The Kier molecular flexibility index (Phi) is 16.7. The second-order valence-corrected chi connectivity index (χ2v) is 22.4. The van der Waals surface area contributed by atoms with Crippen LogP contribution in [0.1, 0.15) is 113 Å². The molecule has 0 spiro atoms. The third-order valence-corrected chi connectivity index (χ3v) is 14.1. The number of hydrogen-bond donors (Lipinski definition) is 0. The van der Waals surface area contributed by atoms with Crippen LogP contribution in [0.2, 0.25) is 8.67 Å². The first-order valence-corrected chi connectivity index (χ1v) is 24.7. The van der Waals surface area contributed by atoms with Crippen LogP contribution in [0.25, 0.3) is 22.5 Å². The summed E-state index contributed by atoms with van der Waals surface area (Å²) < 4.78 is 109. The molecule has 4 heterocycles. The molecular formula is C45H51BrCl2F6N4O8S2. The Balaban J connectivity index is 0.000000224. The van der Waals surface area contributed by atoms with E-state index in [1.54, 1.807) is 21.9 Å². The molecule has 2 aliphatic heterocycles. The molecule has 2 aromatic heterocycles. The minimum atomic E-state index is -4.88. The molecule has 1 aliphatic carbocycles. The molecule has 2 aromatic carbocycles. The number of ether oxygens (including phenoxy) is 6. The molecule has 0 bridgehead atoms. The molecule has 23 heteroatoms. The average molecular weight is 1100 g/mol. The van der Waals surface area contributed by atoms with Crippen LogP contribution >= 0.6 is 61.8 Å². The van der Waals surface area contributed by atoms with Gasteiger partial charge in [-0.25, -0.2) is 19.6 Å². The molecule has 0 N–H and O–H groups in total. The van der Waals surface area contributed by atoms with E-state index in [-0.39, 0.29) is 45.9 Å². The summed E-state index contributed by atoms with van der Waals surface area (Å²) in [6.45, 7) is 13.0. The van der Waals surface area contributed by atoms with Crippen molar-refractivity contribution in [3.63, 3.8) is 0 Å². The number of methoxy groups -OCH3 is 2. The third kappa shape index (κ3) is 14.3. The van der Waals surface area contributed by atoms with Gasteiger partial charge in [0.15, 0.2) is 23.0 Å². The van der Waals surface area contributed by atoms with Gasteiger partial charge in [-0.2, -0.15) is 0 Å². The lowest BCUT2D eigenvalue weighted by Gasteiger charge is -2.32. The number of hydrogen-bond acceptors (Lipinski definition) is 12. The predicted octanol–water partition coefficient (Wildman–Crippen LogP) is 14.6. The van der Waals surface area contributed by atoms with Gasteiger partial charge in [-0.05, 0) is 126 Å². The van der Waals surface area contributed by atoms with Crippen LogP contribution in [0, 0.1) is 0 Å². The molecule has 2 saturated heterocycles. The van der Waals surface area contributed by atoms with Gasteiger partial charge in [0.05, 0.1) is 28.7 Å². The van der Waals surface area contributed by atoms with Gasteiger partial charge in [0, 0.05) is 54.7 Å². The fourth-order valence-corrected chi connectivity index (χ4v) is 10.9. The predicted molar refractivity (Wildman–Crippen MR) is 251 cm³/mol. The van der Waals surface area contributed by atoms with Crippen LogP contribution in [-0.4, -0.2) is 96.3 Å². The molecule has 0 atom stereocenters. The van der Waals surface area contributed by atoms with Crippen molar-refractivity contribution in [2.24, 2.45) is 0 Å². The average Bonchev–Trinajstić information content (AvgIpc) is 3.89. The highest BCUT2D eigenvalue weighted by Crippen LogP contribution is 2.51. The first kappa shape index (κ1) is 53.4. The topological polar surface area (TPSA) is 122 Å². The molecule has 3 aliphatic rings. The van der Waals surface area contributed by atoms with Gasteiger partial charge < -0.3 is 38.2 Å². The molecule has 68 heavy (non-hydrogen) atoms. The van der Waals surface area contributed by atoms with E-state index < -0.39 is 35.4 Å². The molecule has 3 fully saturated rings. The summed E-state index contributed by atoms with van der Waals surface area (Å²) in [4.78, 5) is 37.3. The second-order valence-electron chi connectivity index (χ2n) is 18.3. The van der Waals surface area contributed by atoms with Gasteiger partial charge in [0.1, 0.15) is 31.3 Å². The highest BCUT2D eigenvalue weighted by molar-refractivity contribution is 9.10. The molecule has 1 saturated carbocycles. The molecule has 4 aromatic rings. The summed E-state index contributed by atoms with van der Waals surface area (Å²) in [6.07, 6.45) is -5.93. The number of nitrogens with zero attached hydrogens (tertiary/aromatic N) is 4. The number of rotatable bonds is 9. The number of halogens is 9. The van der Waals surface area contributed by atoms with Crippen LogP contribution in [0.15, 0.2) is 28.7 Å². The number of carbonyl (C=O) groups is 2. The van der Waals surface area contributed by atoms with Crippen molar-refractivity contribution in [3.8, 4) is 45.5 Å². The zero-order chi connectivity index (χ0) is 50.1. The molecular weight excluding hydrogens is 1050 g/mol. The number of alkyl halides is 6. The fourth-order valence-electron chi connectivity index (χ4n) is 7.59. The van der Waals surface area contributed by atoms with Gasteiger partial charge in [0.25, 0.3) is 0 Å². The highest BCUT2D eigenvalue weighted by atomic mass is 79.9. The maximum atomic E-state index is 13.1. The van der Waals surface area contributed by atoms with E-state index in [2.05, 4.69) is 30.4 Å². The van der Waals surface area contributed by atoms with Gasteiger partial charge in [-0.3, -0.25) is 0 Å². The van der Waals surface area contributed by atoms with Crippen LogP contribution in [0.4, 0.5) is 35.9 Å². The van der Waals surface area contributed by atoms with Crippen molar-refractivity contribution in [1.82, 2.24) is 19.8 Å². The van der Waals surface area contributed by atoms with E-state index in [0.29, 0.717) is 88.6 Å². The number of aromatic nitrogens is 2. The summed E-state index contributed by atoms with van der Waals surface area (Å²) in [5, 5.41) is 1.57. The minimum Gasteiger partial charge on any atom is -0.493 e. The summed E-state index contributed by atoms with van der Waals surface area (Å²) >= 11 is 18.8. The highest BCUT2D eigenvalue weighted by Gasteiger charge is 2.38. The molecule has 0 unspecified atom stereocenters. The Morgan fingerprint density at radius 2 is 1.00 bits per heavy atom. The van der Waals surface area contributed by atoms with Crippen LogP contribution in [0.3, 0.4) is 0 Å². The Bertz CT molecular complexity index is 2440. The lowest BCUT2D eigenvalue weighted by Crippen LogP contribution is -2.41. The summed E-state index contributed by atoms with van der Waals surface area (Å²) in [5.41, 5.74) is 1.16. The van der Waals surface area contributed by atoms with Crippen molar-refractivity contribution in [1.29, 1.82) is 0 Å². The van der Waals surface area contributed by atoms with Crippen LogP contribution < -0.4 is 18.9 Å². The maximum Gasteiger partial charge on any atom is 0.573 e. The molecule has 374 valence electrons. The quantitative estimate of drug-likeness (QED) is 0.150. The normalized spacial score (nSPS) is 16.5. The maximum absolute atomic E-state index is 13.1. The Labute approximate surface area is 416 Å². The van der Waals surface area contributed by atoms with Crippen molar-refractivity contribution >= 4 is 74.0 Å². The first-order valence-electron chi connectivity index (χ1n) is 21.5. The van der Waals surface area contributed by atoms with Crippen molar-refractivity contribution in [2.45, 2.75) is 122 Å². The number of amides is 2. The molecule has 2 amide bonds. The lowest BCUT2D eigenvalue weighted by atomic mass is 9.97. The number of carbonyl (C=O) groups excluding carboxylic acids is 2. The number of piperidine rings is 2. The standard InChI is InChI=1S/C24H28ClF3N2O4S.C21H23BrClF3N2O4S/c1-23(2,3)34-22(31)30-9-7-14(8-10-30)21-29-18(20(25)35-21)15-11-16(13-5-6-13)19(32-4)17(12-15)33-24(26,27)28;1-20(2,3)32-19(29)28-7-5-11(6-8-28)18-27-15(17(23)33-18)12-9-13(22)16(30-4)14(10-12)31-21(24,25)26/h11-14H,5-10H2,1-4H3;9-11H,5-8H2,1-4H3. The third-order valence-electron chi connectivity index (χ3n) is 10.7. The van der Waals surface area contributed by atoms with Crippen LogP contribution in [-0.2, 0) is 9.47 Å². The second kappa shape index (κ2) is 21.2. The minimum absolute atomic E-state index is 0.0764. The largest absolute Gasteiger partial charge is 0.573 e. The van der Waals surface area contributed by atoms with Gasteiger partial charge >= 0.3 is 24.9 Å². The van der Waals surface area contributed by atoms with E-state index in [1.165, 1.54) is 49.0 Å². The monoisotopic (exact) mass is 1100 g/mol. The molecule has 12 nitrogen and oxygen atoms in total. The summed E-state index contributed by atoms with van der Waals surface area (Å²) in [5.74, 6) is -0.591. The van der Waals surface area contributed by atoms with Gasteiger partial charge in [-0.15, -0.1) is 49.0 Å². The van der Waals surface area contributed by atoms with Crippen LogP contribution in [0.5, 0.6) is 23.0 Å². The van der Waals surface area contributed by atoms with E-state index in [9.17, 15) is 35.9 Å².